The second-order valence-electron chi connectivity index (χ2n) is 4.33. The van der Waals surface area contributed by atoms with Crippen LogP contribution in [0.3, 0.4) is 0 Å². The van der Waals surface area contributed by atoms with Gasteiger partial charge in [-0.3, -0.25) is 4.79 Å². The Hall–Kier alpha value is -0.523. The SMILES string of the molecule is CC(=O)N(C)[SiH2]C(C)(C)CC(F)(F)F. The molecule has 0 heterocycles. The quantitative estimate of drug-likeness (QED) is 0.672. The van der Waals surface area contributed by atoms with Crippen LogP contribution in [-0.2, 0) is 4.79 Å². The van der Waals surface area contributed by atoms with E-state index in [0.29, 0.717) is 0 Å². The number of hydrogen-bond acceptors (Lipinski definition) is 1. The van der Waals surface area contributed by atoms with E-state index >= 15 is 0 Å². The van der Waals surface area contributed by atoms with Crippen LogP contribution < -0.4 is 0 Å². The van der Waals surface area contributed by atoms with Crippen LogP contribution in [0.4, 0.5) is 13.2 Å². The van der Waals surface area contributed by atoms with Crippen molar-refractivity contribution in [1.82, 2.24) is 4.57 Å². The Morgan fingerprint density at radius 2 is 1.79 bits per heavy atom. The van der Waals surface area contributed by atoms with Crippen LogP contribution in [-0.4, -0.2) is 33.4 Å². The van der Waals surface area contributed by atoms with E-state index in [1.165, 1.54) is 11.5 Å². The zero-order valence-corrected chi connectivity index (χ0v) is 10.3. The summed E-state index contributed by atoms with van der Waals surface area (Å²) >= 11 is 0. The molecule has 0 unspecified atom stereocenters. The van der Waals surface area contributed by atoms with Crippen LogP contribution in [0.15, 0.2) is 0 Å². The molecular formula is C8H16F3NOSi. The Balaban J connectivity index is 4.27. The predicted molar refractivity (Wildman–Crippen MR) is 51.7 cm³/mol. The maximum Gasteiger partial charge on any atom is 0.389 e. The highest BCUT2D eigenvalue weighted by molar-refractivity contribution is 6.40. The molecule has 0 bridgehead atoms. The lowest BCUT2D eigenvalue weighted by Gasteiger charge is -2.29. The Bertz CT molecular complexity index is 215. The summed E-state index contributed by atoms with van der Waals surface area (Å²) in [5.74, 6) is -0.160. The van der Waals surface area contributed by atoms with Crippen molar-refractivity contribution in [2.24, 2.45) is 0 Å². The van der Waals surface area contributed by atoms with Gasteiger partial charge in [0.2, 0.25) is 5.91 Å². The summed E-state index contributed by atoms with van der Waals surface area (Å²) in [7, 11) is 0.362. The molecular weight excluding hydrogens is 211 g/mol. The Morgan fingerprint density at radius 3 is 2.07 bits per heavy atom. The van der Waals surface area contributed by atoms with Crippen molar-refractivity contribution >= 4 is 15.6 Å². The lowest BCUT2D eigenvalue weighted by molar-refractivity contribution is -0.141. The van der Waals surface area contributed by atoms with E-state index in [0.717, 1.165) is 0 Å². The van der Waals surface area contributed by atoms with Gasteiger partial charge >= 0.3 is 6.18 Å². The van der Waals surface area contributed by atoms with Crippen LogP contribution in [0.2, 0.25) is 5.04 Å². The van der Waals surface area contributed by atoms with Crippen LogP contribution >= 0.6 is 0 Å². The molecule has 2 nitrogen and oxygen atoms in total. The molecule has 0 aromatic carbocycles. The molecule has 84 valence electrons. The number of amides is 1. The fraction of sp³-hybridized carbons (Fsp3) is 0.875. The largest absolute Gasteiger partial charge is 0.389 e. The standard InChI is InChI=1S/C8H16F3NOSi/c1-6(13)12(4)14-7(2,3)5-8(9,10)11/h5,14H2,1-4H3. The Morgan fingerprint density at radius 1 is 1.36 bits per heavy atom. The van der Waals surface area contributed by atoms with Crippen LogP contribution in [0, 0.1) is 0 Å². The normalized spacial score (nSPS) is 13.6. The summed E-state index contributed by atoms with van der Waals surface area (Å²) in [6.45, 7) is 4.50. The second kappa shape index (κ2) is 4.33. The van der Waals surface area contributed by atoms with Gasteiger partial charge in [0.15, 0.2) is 0 Å². The van der Waals surface area contributed by atoms with Gasteiger partial charge in [0, 0.05) is 13.3 Å². The summed E-state index contributed by atoms with van der Waals surface area (Å²) in [6, 6.07) is 0. The van der Waals surface area contributed by atoms with Gasteiger partial charge in [0.05, 0.1) is 0 Å². The molecule has 0 aromatic heterocycles. The zero-order chi connectivity index (χ0) is 11.6. The van der Waals surface area contributed by atoms with E-state index in [4.69, 9.17) is 0 Å². The molecule has 14 heavy (non-hydrogen) atoms. The van der Waals surface area contributed by atoms with E-state index in [1.807, 2.05) is 0 Å². The Labute approximate surface area is 84.4 Å². The number of nitrogens with zero attached hydrogens (tertiary/aromatic N) is 1. The zero-order valence-electron chi connectivity index (χ0n) is 8.90. The molecule has 0 saturated heterocycles. The van der Waals surface area contributed by atoms with Crippen molar-refractivity contribution in [1.29, 1.82) is 0 Å². The van der Waals surface area contributed by atoms with Crippen molar-refractivity contribution in [2.75, 3.05) is 7.05 Å². The number of hydrogen-bond donors (Lipinski definition) is 0. The molecule has 0 atom stereocenters. The maximum absolute atomic E-state index is 12.1. The fourth-order valence-electron chi connectivity index (χ4n) is 1.35. The first-order valence-corrected chi connectivity index (χ1v) is 5.66. The molecule has 0 radical (unpaired) electrons. The molecule has 0 rings (SSSR count). The van der Waals surface area contributed by atoms with Gasteiger partial charge in [0.1, 0.15) is 9.68 Å². The monoisotopic (exact) mass is 227 g/mol. The topological polar surface area (TPSA) is 20.3 Å². The van der Waals surface area contributed by atoms with Gasteiger partial charge in [-0.25, -0.2) is 0 Å². The summed E-state index contributed by atoms with van der Waals surface area (Å²) in [5.41, 5.74) is 0. The van der Waals surface area contributed by atoms with E-state index in [1.54, 1.807) is 20.9 Å². The van der Waals surface area contributed by atoms with Gasteiger partial charge in [-0.15, -0.1) is 0 Å². The first kappa shape index (κ1) is 13.5. The van der Waals surface area contributed by atoms with E-state index < -0.39 is 27.3 Å². The number of alkyl halides is 3. The number of carbonyl (C=O) groups is 1. The molecule has 0 aliphatic heterocycles. The third-order valence-electron chi connectivity index (χ3n) is 1.88. The van der Waals surface area contributed by atoms with Crippen LogP contribution in [0.25, 0.3) is 0 Å². The molecule has 0 fully saturated rings. The second-order valence-corrected chi connectivity index (χ2v) is 7.51. The average molecular weight is 227 g/mol. The molecule has 0 aliphatic carbocycles. The highest BCUT2D eigenvalue weighted by Crippen LogP contribution is 2.37. The van der Waals surface area contributed by atoms with Gasteiger partial charge < -0.3 is 4.57 Å². The van der Waals surface area contributed by atoms with E-state index in [2.05, 4.69) is 0 Å². The molecule has 1 amide bonds. The molecule has 0 spiro atoms. The summed E-state index contributed by atoms with van der Waals surface area (Å²) < 4.78 is 37.8. The lowest BCUT2D eigenvalue weighted by Crippen LogP contribution is -2.36. The van der Waals surface area contributed by atoms with Crippen LogP contribution in [0.1, 0.15) is 27.2 Å². The van der Waals surface area contributed by atoms with Crippen molar-refractivity contribution in [3.8, 4) is 0 Å². The molecule has 0 saturated carbocycles. The Kier molecular flexibility index (Phi) is 4.17. The van der Waals surface area contributed by atoms with Gasteiger partial charge in [-0.2, -0.15) is 13.2 Å². The summed E-state index contributed by atoms with van der Waals surface area (Å²) in [6.07, 6.45) is -4.96. The number of carbonyl (C=O) groups excluding carboxylic acids is 1. The highest BCUT2D eigenvalue weighted by Gasteiger charge is 2.37. The number of halogens is 3. The molecule has 0 aliphatic rings. The minimum atomic E-state index is -4.14. The minimum absolute atomic E-state index is 0.160. The van der Waals surface area contributed by atoms with Crippen LogP contribution in [0.5, 0.6) is 0 Å². The molecule has 0 aromatic rings. The van der Waals surface area contributed by atoms with E-state index in [9.17, 15) is 18.0 Å². The van der Waals surface area contributed by atoms with Crippen molar-refractivity contribution in [3.05, 3.63) is 0 Å². The fourth-order valence-corrected chi connectivity index (χ4v) is 3.25. The third-order valence-corrected chi connectivity index (χ3v) is 3.91. The van der Waals surface area contributed by atoms with Gasteiger partial charge in [-0.1, -0.05) is 13.8 Å². The smallest absolute Gasteiger partial charge is 0.378 e. The first-order chi connectivity index (χ1) is 6.03. The summed E-state index contributed by atoms with van der Waals surface area (Å²) in [4.78, 5) is 10.9. The van der Waals surface area contributed by atoms with Gasteiger partial charge in [-0.05, 0) is 12.1 Å². The highest BCUT2D eigenvalue weighted by atomic mass is 28.2. The molecule has 0 N–H and O–H groups in total. The minimum Gasteiger partial charge on any atom is -0.378 e. The van der Waals surface area contributed by atoms with E-state index in [-0.39, 0.29) is 5.91 Å². The maximum atomic E-state index is 12.1. The van der Waals surface area contributed by atoms with Gasteiger partial charge in [0.25, 0.3) is 0 Å². The van der Waals surface area contributed by atoms with Crippen molar-refractivity contribution in [2.45, 2.75) is 38.4 Å². The van der Waals surface area contributed by atoms with Crippen molar-refractivity contribution in [3.63, 3.8) is 0 Å². The average Bonchev–Trinajstić information content (AvgIpc) is 1.78. The van der Waals surface area contributed by atoms with Crippen molar-refractivity contribution < 1.29 is 18.0 Å². The lowest BCUT2D eigenvalue weighted by atomic mass is 10.1. The number of rotatable bonds is 3. The predicted octanol–water partition coefficient (Wildman–Crippen LogP) is 1.70. The molecule has 6 heteroatoms. The third kappa shape index (κ3) is 6.01. The first-order valence-electron chi connectivity index (χ1n) is 4.32. The summed E-state index contributed by atoms with van der Waals surface area (Å²) in [5, 5.41) is -0.793.